The van der Waals surface area contributed by atoms with Gasteiger partial charge in [0.05, 0.1) is 6.61 Å². The van der Waals surface area contributed by atoms with Gasteiger partial charge in [-0.1, -0.05) is 0 Å². The van der Waals surface area contributed by atoms with E-state index in [-0.39, 0.29) is 6.04 Å². The highest BCUT2D eigenvalue weighted by Gasteiger charge is 2.50. The van der Waals surface area contributed by atoms with Crippen LogP contribution in [0.25, 0.3) is 0 Å². The topological polar surface area (TPSA) is 35.2 Å². The fourth-order valence-corrected chi connectivity index (χ4v) is 5.42. The first-order valence-corrected chi connectivity index (χ1v) is 7.52. The molecule has 2 N–H and O–H groups in total. The maximum atomic E-state index is 6.26. The van der Waals surface area contributed by atoms with Crippen molar-refractivity contribution in [3.63, 3.8) is 0 Å². The molecule has 17 heavy (non-hydrogen) atoms. The number of rotatable bonds is 5. The normalized spacial score (nSPS) is 45.2. The van der Waals surface area contributed by atoms with Crippen LogP contribution in [0.1, 0.15) is 51.9 Å². The van der Waals surface area contributed by atoms with Gasteiger partial charge in [0.15, 0.2) is 0 Å². The molecule has 0 aliphatic heterocycles. The van der Waals surface area contributed by atoms with E-state index in [1.807, 2.05) is 0 Å². The van der Waals surface area contributed by atoms with Crippen LogP contribution in [0, 0.1) is 23.2 Å². The van der Waals surface area contributed by atoms with E-state index >= 15 is 0 Å². The van der Waals surface area contributed by atoms with Crippen molar-refractivity contribution in [3.8, 4) is 0 Å². The van der Waals surface area contributed by atoms with Crippen LogP contribution in [0.5, 0.6) is 0 Å². The smallest absolute Gasteiger partial charge is 0.0617 e. The lowest BCUT2D eigenvalue weighted by atomic mass is 9.48. The minimum absolute atomic E-state index is 0.270. The second kappa shape index (κ2) is 4.55. The maximum absolute atomic E-state index is 6.26. The summed E-state index contributed by atoms with van der Waals surface area (Å²) >= 11 is 0. The highest BCUT2D eigenvalue weighted by Crippen LogP contribution is 2.61. The van der Waals surface area contributed by atoms with Gasteiger partial charge < -0.3 is 10.5 Å². The molecule has 1 unspecified atom stereocenters. The van der Waals surface area contributed by atoms with Crippen LogP contribution in [0.3, 0.4) is 0 Å². The number of ether oxygens (including phenoxy) is 1. The zero-order valence-electron chi connectivity index (χ0n) is 11.2. The summed E-state index contributed by atoms with van der Waals surface area (Å²) in [5.74, 6) is 3.13. The third-order valence-electron chi connectivity index (χ3n) is 5.40. The fraction of sp³-hybridized carbons (Fsp3) is 1.00. The highest BCUT2D eigenvalue weighted by molar-refractivity contribution is 5.02. The van der Waals surface area contributed by atoms with Gasteiger partial charge in [0.1, 0.15) is 0 Å². The molecule has 0 aromatic carbocycles. The van der Waals surface area contributed by atoms with E-state index in [2.05, 4.69) is 6.92 Å². The Morgan fingerprint density at radius 3 is 2.12 bits per heavy atom. The summed E-state index contributed by atoms with van der Waals surface area (Å²) < 4.78 is 5.48. The number of hydrogen-bond acceptors (Lipinski definition) is 2. The molecular weight excluding hydrogens is 210 g/mol. The Kier molecular flexibility index (Phi) is 3.20. The van der Waals surface area contributed by atoms with Gasteiger partial charge in [0.2, 0.25) is 0 Å². The van der Waals surface area contributed by atoms with Crippen molar-refractivity contribution < 1.29 is 4.74 Å². The molecule has 0 spiro atoms. The Hall–Kier alpha value is -0.0800. The molecule has 2 heteroatoms. The monoisotopic (exact) mass is 237 g/mol. The van der Waals surface area contributed by atoms with Crippen molar-refractivity contribution in [1.82, 2.24) is 0 Å². The van der Waals surface area contributed by atoms with Gasteiger partial charge in [-0.25, -0.2) is 0 Å². The summed E-state index contributed by atoms with van der Waals surface area (Å²) in [4.78, 5) is 0. The van der Waals surface area contributed by atoms with Crippen molar-refractivity contribution in [1.29, 1.82) is 0 Å². The predicted octanol–water partition coefficient (Wildman–Crippen LogP) is 2.96. The van der Waals surface area contributed by atoms with Gasteiger partial charge in [-0.05, 0) is 75.0 Å². The van der Waals surface area contributed by atoms with E-state index in [4.69, 9.17) is 10.5 Å². The average Bonchev–Trinajstić information content (AvgIpc) is 2.23. The Morgan fingerprint density at radius 1 is 1.12 bits per heavy atom. The zero-order valence-corrected chi connectivity index (χ0v) is 11.2. The second-order valence-electron chi connectivity index (χ2n) is 7.04. The van der Waals surface area contributed by atoms with Crippen LogP contribution in [0.15, 0.2) is 0 Å². The second-order valence-corrected chi connectivity index (χ2v) is 7.04. The molecular formula is C15H27NO. The molecule has 4 saturated carbocycles. The van der Waals surface area contributed by atoms with Crippen LogP contribution < -0.4 is 5.73 Å². The molecule has 0 saturated heterocycles. The zero-order chi connectivity index (χ0) is 11.9. The van der Waals surface area contributed by atoms with Gasteiger partial charge in [-0.15, -0.1) is 0 Å². The molecule has 4 aliphatic carbocycles. The van der Waals surface area contributed by atoms with Crippen LogP contribution in [0.2, 0.25) is 0 Å². The molecule has 0 amide bonds. The Labute approximate surface area is 105 Å². The van der Waals surface area contributed by atoms with E-state index in [0.717, 1.165) is 31.0 Å². The quantitative estimate of drug-likeness (QED) is 0.798. The third-order valence-corrected chi connectivity index (χ3v) is 5.40. The largest absolute Gasteiger partial charge is 0.380 e. The first-order chi connectivity index (χ1) is 8.19. The summed E-state index contributed by atoms with van der Waals surface area (Å²) in [6, 6.07) is 0.270. The lowest BCUT2D eigenvalue weighted by Crippen LogP contribution is -2.48. The van der Waals surface area contributed by atoms with Crippen LogP contribution in [0.4, 0.5) is 0 Å². The van der Waals surface area contributed by atoms with Gasteiger partial charge in [0, 0.05) is 12.6 Å². The number of hydrogen-bond donors (Lipinski definition) is 1. The van der Waals surface area contributed by atoms with Crippen LogP contribution >= 0.6 is 0 Å². The molecule has 1 atom stereocenters. The van der Waals surface area contributed by atoms with Gasteiger partial charge >= 0.3 is 0 Å². The molecule has 0 aromatic rings. The summed E-state index contributed by atoms with van der Waals surface area (Å²) in [5.41, 5.74) is 6.87. The van der Waals surface area contributed by atoms with Crippen molar-refractivity contribution in [2.75, 3.05) is 13.2 Å². The van der Waals surface area contributed by atoms with E-state index in [9.17, 15) is 0 Å². The standard InChI is InChI=1S/C15H27NO/c1-2-17-10-14(16)9-15-6-11-3-12(7-15)5-13(4-11)8-15/h11-14H,2-10,16H2,1H3. The SMILES string of the molecule is CCOCC(N)CC12CC3CC(CC(C3)C1)C2. The highest BCUT2D eigenvalue weighted by atomic mass is 16.5. The Morgan fingerprint density at radius 2 is 1.65 bits per heavy atom. The summed E-state index contributed by atoms with van der Waals surface area (Å²) in [7, 11) is 0. The molecule has 2 nitrogen and oxygen atoms in total. The van der Waals surface area contributed by atoms with Crippen LogP contribution in [-0.4, -0.2) is 19.3 Å². The van der Waals surface area contributed by atoms with Crippen LogP contribution in [-0.2, 0) is 4.74 Å². The van der Waals surface area contributed by atoms with Crippen molar-refractivity contribution in [2.45, 2.75) is 57.9 Å². The summed E-state index contributed by atoms with van der Waals surface area (Å²) in [5, 5.41) is 0. The molecule has 4 bridgehead atoms. The molecule has 0 radical (unpaired) electrons. The van der Waals surface area contributed by atoms with Gasteiger partial charge in [0.25, 0.3) is 0 Å². The minimum Gasteiger partial charge on any atom is -0.380 e. The minimum atomic E-state index is 0.270. The van der Waals surface area contributed by atoms with E-state index < -0.39 is 0 Å². The molecule has 0 aromatic heterocycles. The first kappa shape index (κ1) is 12.0. The molecule has 0 heterocycles. The lowest BCUT2D eigenvalue weighted by molar-refractivity contribution is -0.0638. The average molecular weight is 237 g/mol. The van der Waals surface area contributed by atoms with Crippen molar-refractivity contribution in [2.24, 2.45) is 28.9 Å². The van der Waals surface area contributed by atoms with Crippen molar-refractivity contribution >= 4 is 0 Å². The van der Waals surface area contributed by atoms with E-state index in [1.54, 1.807) is 0 Å². The molecule has 4 rings (SSSR count). The first-order valence-electron chi connectivity index (χ1n) is 7.52. The fourth-order valence-electron chi connectivity index (χ4n) is 5.42. The predicted molar refractivity (Wildman–Crippen MR) is 69.7 cm³/mol. The Balaban J connectivity index is 1.62. The Bertz CT molecular complexity index is 241. The van der Waals surface area contributed by atoms with Crippen molar-refractivity contribution in [3.05, 3.63) is 0 Å². The van der Waals surface area contributed by atoms with E-state index in [0.29, 0.717) is 5.41 Å². The summed E-state index contributed by atoms with van der Waals surface area (Å²) in [6.45, 7) is 3.62. The summed E-state index contributed by atoms with van der Waals surface area (Å²) in [6.07, 6.45) is 10.2. The third kappa shape index (κ3) is 2.39. The molecule has 98 valence electrons. The van der Waals surface area contributed by atoms with Gasteiger partial charge in [-0.2, -0.15) is 0 Å². The number of nitrogens with two attached hydrogens (primary N) is 1. The lowest BCUT2D eigenvalue weighted by Gasteiger charge is -2.57. The van der Waals surface area contributed by atoms with Gasteiger partial charge in [-0.3, -0.25) is 0 Å². The maximum Gasteiger partial charge on any atom is 0.0617 e. The van der Waals surface area contributed by atoms with E-state index in [1.165, 1.54) is 44.9 Å². The molecule has 4 aliphatic rings. The molecule has 4 fully saturated rings.